The average Bonchev–Trinajstić information content (AvgIpc) is 2.96. The van der Waals surface area contributed by atoms with Crippen molar-refractivity contribution >= 4 is 28.0 Å². The molecule has 0 unspecified atom stereocenters. The Hall–Kier alpha value is -2.42. The van der Waals surface area contributed by atoms with Crippen molar-refractivity contribution in [3.8, 4) is 0 Å². The van der Waals surface area contributed by atoms with Crippen molar-refractivity contribution in [2.75, 3.05) is 5.32 Å². The number of pyridine rings is 1. The lowest BCUT2D eigenvalue weighted by atomic mass is 10.2. The molecule has 8 nitrogen and oxygen atoms in total. The average molecular weight is 261 g/mol. The van der Waals surface area contributed by atoms with Crippen LogP contribution in [0.2, 0.25) is 0 Å². The van der Waals surface area contributed by atoms with Gasteiger partial charge in [0, 0.05) is 11.8 Å². The van der Waals surface area contributed by atoms with Gasteiger partial charge in [-0.1, -0.05) is 11.3 Å². The number of nitrogens with one attached hydrogen (secondary N) is 1. The summed E-state index contributed by atoms with van der Waals surface area (Å²) in [6, 6.07) is 3.23. The van der Waals surface area contributed by atoms with E-state index in [0.29, 0.717) is 16.3 Å². The van der Waals surface area contributed by atoms with Gasteiger partial charge in [-0.2, -0.15) is 0 Å². The number of nitrogens with zero attached hydrogens (tertiary/aromatic N) is 6. The lowest BCUT2D eigenvalue weighted by molar-refractivity contribution is 0.102. The van der Waals surface area contributed by atoms with Crippen molar-refractivity contribution in [1.82, 2.24) is 30.2 Å². The Morgan fingerprint density at radius 3 is 3.06 bits per heavy atom. The van der Waals surface area contributed by atoms with Gasteiger partial charge in [-0.15, -0.1) is 15.3 Å². The number of carbonyl (C=O) groups is 1. The van der Waals surface area contributed by atoms with E-state index in [1.54, 1.807) is 18.3 Å². The number of hydrogen-bond acceptors (Lipinski definition) is 7. The van der Waals surface area contributed by atoms with Gasteiger partial charge in [-0.25, -0.2) is 4.52 Å². The SMILES string of the molecule is Cc1nnc(NC(=O)c2ccn3nnnc3c2)s1. The molecule has 0 aromatic carbocycles. The van der Waals surface area contributed by atoms with Crippen LogP contribution in [0.15, 0.2) is 18.3 Å². The topological polar surface area (TPSA) is 98.0 Å². The van der Waals surface area contributed by atoms with Crippen molar-refractivity contribution < 1.29 is 4.79 Å². The third-order valence-electron chi connectivity index (χ3n) is 2.21. The predicted molar refractivity (Wildman–Crippen MR) is 63.4 cm³/mol. The van der Waals surface area contributed by atoms with E-state index >= 15 is 0 Å². The number of carbonyl (C=O) groups excluding carboxylic acids is 1. The highest BCUT2D eigenvalue weighted by Crippen LogP contribution is 2.15. The fourth-order valence-electron chi connectivity index (χ4n) is 1.40. The summed E-state index contributed by atoms with van der Waals surface area (Å²) in [7, 11) is 0. The second-order valence-corrected chi connectivity index (χ2v) is 4.66. The van der Waals surface area contributed by atoms with E-state index in [1.807, 2.05) is 6.92 Å². The molecule has 0 aliphatic heterocycles. The first-order chi connectivity index (χ1) is 8.72. The summed E-state index contributed by atoms with van der Waals surface area (Å²) in [5.74, 6) is -0.267. The third-order valence-corrected chi connectivity index (χ3v) is 2.96. The summed E-state index contributed by atoms with van der Waals surface area (Å²) in [5, 5.41) is 22.6. The molecule has 9 heteroatoms. The Bertz CT molecular complexity index is 718. The molecule has 0 fully saturated rings. The first kappa shape index (κ1) is 10.7. The van der Waals surface area contributed by atoms with E-state index in [1.165, 1.54) is 15.9 Å². The number of anilines is 1. The van der Waals surface area contributed by atoms with E-state index in [2.05, 4.69) is 31.0 Å². The molecule has 90 valence electrons. The van der Waals surface area contributed by atoms with E-state index in [0.717, 1.165) is 5.01 Å². The minimum absolute atomic E-state index is 0.267. The Kier molecular flexibility index (Phi) is 2.45. The van der Waals surface area contributed by atoms with Crippen molar-refractivity contribution in [3.05, 3.63) is 28.9 Å². The summed E-state index contributed by atoms with van der Waals surface area (Å²) in [4.78, 5) is 11.9. The van der Waals surface area contributed by atoms with Gasteiger partial charge in [0.1, 0.15) is 5.01 Å². The van der Waals surface area contributed by atoms with Crippen molar-refractivity contribution in [1.29, 1.82) is 0 Å². The van der Waals surface area contributed by atoms with E-state index in [4.69, 9.17) is 0 Å². The molecule has 0 saturated carbocycles. The first-order valence-corrected chi connectivity index (χ1v) is 5.83. The van der Waals surface area contributed by atoms with Crippen LogP contribution in [-0.4, -0.2) is 36.1 Å². The van der Waals surface area contributed by atoms with Crippen LogP contribution < -0.4 is 5.32 Å². The van der Waals surface area contributed by atoms with Gasteiger partial charge in [0.15, 0.2) is 5.65 Å². The lowest BCUT2D eigenvalue weighted by Gasteiger charge is -2.00. The Morgan fingerprint density at radius 2 is 2.28 bits per heavy atom. The molecule has 1 amide bonds. The van der Waals surface area contributed by atoms with E-state index in [9.17, 15) is 4.79 Å². The quantitative estimate of drug-likeness (QED) is 0.722. The van der Waals surface area contributed by atoms with E-state index in [-0.39, 0.29) is 5.91 Å². The second-order valence-electron chi connectivity index (χ2n) is 3.48. The van der Waals surface area contributed by atoms with Gasteiger partial charge >= 0.3 is 0 Å². The fraction of sp³-hybridized carbons (Fsp3) is 0.111. The molecule has 0 radical (unpaired) electrons. The highest BCUT2D eigenvalue weighted by Gasteiger charge is 2.10. The summed E-state index contributed by atoms with van der Waals surface area (Å²) in [5.41, 5.74) is 0.973. The zero-order valence-electron chi connectivity index (χ0n) is 9.23. The Balaban J connectivity index is 1.87. The van der Waals surface area contributed by atoms with Crippen molar-refractivity contribution in [2.24, 2.45) is 0 Å². The molecule has 1 N–H and O–H groups in total. The third kappa shape index (κ3) is 1.91. The van der Waals surface area contributed by atoms with Gasteiger partial charge in [-0.05, 0) is 29.5 Å². The maximum absolute atomic E-state index is 11.9. The Morgan fingerprint density at radius 1 is 1.39 bits per heavy atom. The minimum Gasteiger partial charge on any atom is -0.296 e. The predicted octanol–water partition coefficient (Wildman–Crippen LogP) is 0.537. The molecule has 3 rings (SSSR count). The molecule has 0 aliphatic rings. The molecule has 18 heavy (non-hydrogen) atoms. The number of aromatic nitrogens is 6. The molecule has 0 aliphatic carbocycles. The largest absolute Gasteiger partial charge is 0.296 e. The highest BCUT2D eigenvalue weighted by molar-refractivity contribution is 7.15. The molecule has 3 aromatic heterocycles. The maximum atomic E-state index is 11.9. The van der Waals surface area contributed by atoms with Crippen LogP contribution >= 0.6 is 11.3 Å². The summed E-state index contributed by atoms with van der Waals surface area (Å²) in [6.45, 7) is 1.82. The first-order valence-electron chi connectivity index (χ1n) is 5.01. The normalized spacial score (nSPS) is 10.7. The fourth-order valence-corrected chi connectivity index (χ4v) is 1.98. The molecule has 3 heterocycles. The van der Waals surface area contributed by atoms with Gasteiger partial charge in [0.05, 0.1) is 0 Å². The Labute approximate surface area is 105 Å². The molecule has 0 spiro atoms. The number of fused-ring (bicyclic) bond motifs is 1. The van der Waals surface area contributed by atoms with Gasteiger partial charge < -0.3 is 0 Å². The van der Waals surface area contributed by atoms with Crippen LogP contribution in [0.1, 0.15) is 15.4 Å². The van der Waals surface area contributed by atoms with Crippen LogP contribution in [-0.2, 0) is 0 Å². The van der Waals surface area contributed by atoms with Crippen LogP contribution in [0, 0.1) is 6.92 Å². The van der Waals surface area contributed by atoms with Crippen molar-refractivity contribution in [2.45, 2.75) is 6.92 Å². The molecular formula is C9H7N7OS. The van der Waals surface area contributed by atoms with Crippen LogP contribution in [0.25, 0.3) is 5.65 Å². The number of rotatable bonds is 2. The maximum Gasteiger partial charge on any atom is 0.257 e. The van der Waals surface area contributed by atoms with Crippen molar-refractivity contribution in [3.63, 3.8) is 0 Å². The zero-order valence-corrected chi connectivity index (χ0v) is 10.0. The molecule has 3 aromatic rings. The number of aryl methyl sites for hydroxylation is 1. The molecule has 0 saturated heterocycles. The standard InChI is InChI=1S/C9H7N7OS/c1-5-11-13-9(18-5)10-8(17)6-2-3-16-7(4-6)12-14-15-16/h2-4H,1H3,(H,10,13,17). The van der Waals surface area contributed by atoms with Crippen LogP contribution in [0.3, 0.4) is 0 Å². The summed E-state index contributed by atoms with van der Waals surface area (Å²) in [6.07, 6.45) is 1.62. The van der Waals surface area contributed by atoms with Gasteiger partial charge in [0.2, 0.25) is 5.13 Å². The zero-order chi connectivity index (χ0) is 12.5. The van der Waals surface area contributed by atoms with Crippen LogP contribution in [0.5, 0.6) is 0 Å². The lowest BCUT2D eigenvalue weighted by Crippen LogP contribution is -2.12. The number of hydrogen-bond donors (Lipinski definition) is 1. The smallest absolute Gasteiger partial charge is 0.257 e. The molecule has 0 atom stereocenters. The molecular weight excluding hydrogens is 254 g/mol. The highest BCUT2D eigenvalue weighted by atomic mass is 32.1. The monoisotopic (exact) mass is 261 g/mol. The second kappa shape index (κ2) is 4.11. The van der Waals surface area contributed by atoms with E-state index < -0.39 is 0 Å². The number of tetrazole rings is 1. The van der Waals surface area contributed by atoms with Gasteiger partial charge in [0.25, 0.3) is 5.91 Å². The number of amides is 1. The summed E-state index contributed by atoms with van der Waals surface area (Å²) < 4.78 is 1.48. The molecule has 0 bridgehead atoms. The minimum atomic E-state index is -0.267. The summed E-state index contributed by atoms with van der Waals surface area (Å²) >= 11 is 1.32. The van der Waals surface area contributed by atoms with Gasteiger partial charge in [-0.3, -0.25) is 10.1 Å². The van der Waals surface area contributed by atoms with Crippen LogP contribution in [0.4, 0.5) is 5.13 Å².